The van der Waals surface area contributed by atoms with E-state index in [1.54, 1.807) is 24.3 Å². The van der Waals surface area contributed by atoms with Crippen LogP contribution in [0, 0.1) is 28.9 Å². The standard InChI is InChI=1S/C35H38F2N4O2.2ClH/c36-30-9-5-27(6-10-30)35(28-7-11-31(37)12-8-28)40-34(42)23-26-15-20-41(21-16-26)19-1-2-25-3-4-29(24-38)33(22-25)43-32-13-17-39-18-14-32;;/h1-12,22,26,32,35,39H,13-21,23H2,(H,40,42);2*1H/b2-1+;;. The Labute approximate surface area is 276 Å². The molecule has 240 valence electrons. The van der Waals surface area contributed by atoms with Crippen LogP contribution in [0.1, 0.15) is 60.4 Å². The summed E-state index contributed by atoms with van der Waals surface area (Å²) in [4.78, 5) is 15.5. The Morgan fingerprint density at radius 1 is 0.956 bits per heavy atom. The van der Waals surface area contributed by atoms with Gasteiger partial charge in [0.15, 0.2) is 0 Å². The molecule has 6 nitrogen and oxygen atoms in total. The van der Waals surface area contributed by atoms with E-state index in [9.17, 15) is 18.8 Å². The molecule has 0 aromatic heterocycles. The third-order valence-corrected chi connectivity index (χ3v) is 8.27. The Bertz CT molecular complexity index is 1390. The molecule has 0 saturated carbocycles. The maximum atomic E-state index is 13.5. The lowest BCUT2D eigenvalue weighted by atomic mass is 9.92. The van der Waals surface area contributed by atoms with Gasteiger partial charge >= 0.3 is 0 Å². The molecule has 5 rings (SSSR count). The molecule has 3 aromatic rings. The van der Waals surface area contributed by atoms with Gasteiger partial charge in [-0.15, -0.1) is 24.8 Å². The van der Waals surface area contributed by atoms with Gasteiger partial charge in [0.05, 0.1) is 11.6 Å². The number of nitriles is 1. The van der Waals surface area contributed by atoms with Gasteiger partial charge in [-0.25, -0.2) is 8.78 Å². The van der Waals surface area contributed by atoms with Crippen LogP contribution in [0.25, 0.3) is 6.08 Å². The summed E-state index contributed by atoms with van der Waals surface area (Å²) < 4.78 is 33.2. The highest BCUT2D eigenvalue weighted by atomic mass is 35.5. The smallest absolute Gasteiger partial charge is 0.221 e. The van der Waals surface area contributed by atoms with E-state index in [0.717, 1.165) is 75.1 Å². The molecular weight excluding hydrogens is 617 g/mol. The number of ether oxygens (including phenoxy) is 1. The van der Waals surface area contributed by atoms with Crippen LogP contribution in [0.4, 0.5) is 8.78 Å². The van der Waals surface area contributed by atoms with Gasteiger partial charge in [0.25, 0.3) is 0 Å². The van der Waals surface area contributed by atoms with Crippen molar-refractivity contribution < 1.29 is 18.3 Å². The van der Waals surface area contributed by atoms with Crippen LogP contribution in [-0.4, -0.2) is 49.6 Å². The zero-order valence-corrected chi connectivity index (χ0v) is 26.7. The number of hydrogen-bond acceptors (Lipinski definition) is 5. The largest absolute Gasteiger partial charge is 0.489 e. The molecule has 0 unspecified atom stereocenters. The van der Waals surface area contributed by atoms with Crippen LogP contribution in [-0.2, 0) is 4.79 Å². The summed E-state index contributed by atoms with van der Waals surface area (Å²) in [5.41, 5.74) is 3.06. The number of hydrogen-bond donors (Lipinski definition) is 2. The first kappa shape index (κ1) is 36.0. The summed E-state index contributed by atoms with van der Waals surface area (Å²) in [6, 6.07) is 19.5. The van der Waals surface area contributed by atoms with Gasteiger partial charge in [0, 0.05) is 13.0 Å². The van der Waals surface area contributed by atoms with Crippen LogP contribution in [0.3, 0.4) is 0 Å². The van der Waals surface area contributed by atoms with Crippen LogP contribution >= 0.6 is 24.8 Å². The van der Waals surface area contributed by atoms with Crippen LogP contribution in [0.5, 0.6) is 5.75 Å². The van der Waals surface area contributed by atoms with Gasteiger partial charge in [0.1, 0.15) is 29.6 Å². The number of piperidine rings is 2. The molecule has 45 heavy (non-hydrogen) atoms. The molecule has 0 aliphatic carbocycles. The lowest BCUT2D eigenvalue weighted by Crippen LogP contribution is -2.36. The predicted octanol–water partition coefficient (Wildman–Crippen LogP) is 6.83. The monoisotopic (exact) mass is 656 g/mol. The summed E-state index contributed by atoms with van der Waals surface area (Å²) >= 11 is 0. The molecule has 2 aliphatic heterocycles. The van der Waals surface area contributed by atoms with Gasteiger partial charge in [-0.3, -0.25) is 9.69 Å². The number of benzene rings is 3. The predicted molar refractivity (Wildman–Crippen MR) is 178 cm³/mol. The minimum Gasteiger partial charge on any atom is -0.489 e. The minimum absolute atomic E-state index is 0. The summed E-state index contributed by atoms with van der Waals surface area (Å²) in [6.45, 7) is 4.47. The molecule has 0 bridgehead atoms. The van der Waals surface area contributed by atoms with Gasteiger partial charge in [0.2, 0.25) is 5.91 Å². The molecule has 3 aromatic carbocycles. The number of nitrogens with one attached hydrogen (secondary N) is 2. The fourth-order valence-electron chi connectivity index (χ4n) is 5.79. The van der Waals surface area contributed by atoms with E-state index in [-0.39, 0.29) is 54.4 Å². The number of amides is 1. The van der Waals surface area contributed by atoms with Gasteiger partial charge in [-0.2, -0.15) is 5.26 Å². The minimum atomic E-state index is -0.480. The van der Waals surface area contributed by atoms with Gasteiger partial charge in [-0.05, 0) is 111 Å². The van der Waals surface area contributed by atoms with E-state index >= 15 is 0 Å². The summed E-state index contributed by atoms with van der Waals surface area (Å²) in [6.07, 6.45) is 8.46. The van der Waals surface area contributed by atoms with E-state index in [1.165, 1.54) is 24.3 Å². The van der Waals surface area contributed by atoms with Gasteiger partial charge < -0.3 is 15.4 Å². The third kappa shape index (κ3) is 10.5. The SMILES string of the molecule is Cl.Cl.N#Cc1ccc(/C=C/CN2CCC(CC(=O)NC(c3ccc(F)cc3)c3ccc(F)cc3)CC2)cc1OC1CCNCC1. The third-order valence-electron chi connectivity index (χ3n) is 8.27. The maximum Gasteiger partial charge on any atom is 0.221 e. The molecule has 0 spiro atoms. The van der Waals surface area contributed by atoms with Crippen LogP contribution < -0.4 is 15.4 Å². The topological polar surface area (TPSA) is 77.4 Å². The maximum absolute atomic E-state index is 13.5. The van der Waals surface area contributed by atoms with Crippen molar-refractivity contribution in [1.82, 2.24) is 15.5 Å². The molecule has 2 heterocycles. The highest BCUT2D eigenvalue weighted by Crippen LogP contribution is 2.26. The molecule has 0 atom stereocenters. The molecule has 2 N–H and O–H groups in total. The average Bonchev–Trinajstić information content (AvgIpc) is 3.02. The van der Waals surface area contributed by atoms with E-state index in [0.29, 0.717) is 17.7 Å². The van der Waals surface area contributed by atoms with Crippen molar-refractivity contribution in [1.29, 1.82) is 5.26 Å². The van der Waals surface area contributed by atoms with E-state index in [4.69, 9.17) is 4.74 Å². The molecule has 1 amide bonds. The highest BCUT2D eigenvalue weighted by Gasteiger charge is 2.24. The van der Waals surface area contributed by atoms with Crippen molar-refractivity contribution in [3.8, 4) is 11.8 Å². The average molecular weight is 658 g/mol. The Morgan fingerprint density at radius 3 is 2.13 bits per heavy atom. The summed E-state index contributed by atoms with van der Waals surface area (Å²) in [5.74, 6) is 0.156. The Balaban J connectivity index is 0.00000276. The van der Waals surface area contributed by atoms with Crippen molar-refractivity contribution in [3.63, 3.8) is 0 Å². The quantitative estimate of drug-likeness (QED) is 0.250. The zero-order chi connectivity index (χ0) is 30.0. The molecule has 10 heteroatoms. The normalized spacial score (nSPS) is 16.0. The second-order valence-electron chi connectivity index (χ2n) is 11.4. The van der Waals surface area contributed by atoms with Crippen molar-refractivity contribution >= 4 is 36.8 Å². The van der Waals surface area contributed by atoms with Gasteiger partial charge in [-0.1, -0.05) is 42.5 Å². The first-order valence-corrected chi connectivity index (χ1v) is 15.1. The van der Waals surface area contributed by atoms with Crippen molar-refractivity contribution in [2.75, 3.05) is 32.7 Å². The summed E-state index contributed by atoms with van der Waals surface area (Å²) in [7, 11) is 0. The fourth-order valence-corrected chi connectivity index (χ4v) is 5.79. The summed E-state index contributed by atoms with van der Waals surface area (Å²) in [5, 5.41) is 15.9. The Hall–Kier alpha value is -3.48. The van der Waals surface area contributed by atoms with Crippen LogP contribution in [0.15, 0.2) is 72.8 Å². The molecule has 2 aliphatic rings. The first-order valence-electron chi connectivity index (χ1n) is 15.1. The lowest BCUT2D eigenvalue weighted by molar-refractivity contribution is -0.122. The zero-order valence-electron chi connectivity index (χ0n) is 25.1. The highest BCUT2D eigenvalue weighted by molar-refractivity contribution is 5.85. The molecule has 2 saturated heterocycles. The second-order valence-corrected chi connectivity index (χ2v) is 11.4. The molecule has 0 radical (unpaired) electrons. The number of likely N-dealkylation sites (tertiary alicyclic amines) is 1. The lowest BCUT2D eigenvalue weighted by Gasteiger charge is -2.31. The number of rotatable bonds is 10. The number of halogens is 4. The van der Waals surface area contributed by atoms with Crippen molar-refractivity contribution in [3.05, 3.63) is 107 Å². The number of nitrogens with zero attached hydrogens (tertiary/aromatic N) is 2. The molecular formula is C35H40Cl2F2N4O2. The Kier molecular flexibility index (Phi) is 14.3. The Morgan fingerprint density at radius 2 is 1.56 bits per heavy atom. The fraction of sp³-hybridized carbons (Fsp3) is 0.371. The van der Waals surface area contributed by atoms with Crippen molar-refractivity contribution in [2.45, 2.75) is 44.2 Å². The van der Waals surface area contributed by atoms with E-state index in [1.807, 2.05) is 18.2 Å². The van der Waals surface area contributed by atoms with E-state index in [2.05, 4.69) is 33.8 Å². The first-order chi connectivity index (χ1) is 21.0. The second kappa shape index (κ2) is 17.9. The number of carbonyl (C=O) groups excluding carboxylic acids is 1. The van der Waals surface area contributed by atoms with Crippen molar-refractivity contribution in [2.24, 2.45) is 5.92 Å². The van der Waals surface area contributed by atoms with E-state index < -0.39 is 6.04 Å². The van der Waals surface area contributed by atoms with Crippen LogP contribution in [0.2, 0.25) is 0 Å². The molecule has 2 fully saturated rings. The number of carbonyl (C=O) groups is 1.